The van der Waals surface area contributed by atoms with Crippen molar-refractivity contribution in [1.29, 1.82) is 0 Å². The number of fused-ring (bicyclic) bond motifs is 1. The van der Waals surface area contributed by atoms with Gasteiger partial charge in [0.15, 0.2) is 5.78 Å². The normalized spacial score (nSPS) is 18.2. The third-order valence-corrected chi connectivity index (χ3v) is 3.30. The van der Waals surface area contributed by atoms with Crippen molar-refractivity contribution in [3.8, 4) is 5.75 Å². The van der Waals surface area contributed by atoms with Crippen LogP contribution in [0.4, 0.5) is 0 Å². The average Bonchev–Trinajstić information content (AvgIpc) is 2.32. The number of carbonyl (C=O) groups excluding carboxylic acids is 1. The molecule has 0 aliphatic heterocycles. The van der Waals surface area contributed by atoms with Crippen LogP contribution in [0, 0.1) is 5.92 Å². The number of aryl methyl sites for hydroxylation is 1. The molecule has 3 nitrogen and oxygen atoms in total. The standard InChI is InChI=1S/C14H19NO2.ClH/c1-15(2)9-11-5-4-10-8-12(17-3)6-7-13(10)14(11)16;/h6-8,11H,4-5,9H2,1-3H3;1H. The number of Topliss-reactive ketones (excluding diaryl/α,β-unsaturated/α-hetero) is 1. The number of carbonyl (C=O) groups is 1. The number of hydrogen-bond acceptors (Lipinski definition) is 3. The average molecular weight is 270 g/mol. The largest absolute Gasteiger partial charge is 0.497 e. The zero-order valence-electron chi connectivity index (χ0n) is 11.1. The molecule has 0 saturated carbocycles. The van der Waals surface area contributed by atoms with Gasteiger partial charge in [-0.25, -0.2) is 0 Å². The third kappa shape index (κ3) is 3.03. The monoisotopic (exact) mass is 269 g/mol. The number of methoxy groups -OCH3 is 1. The highest BCUT2D eigenvalue weighted by atomic mass is 35.5. The SMILES string of the molecule is COc1ccc2c(c1)CCC(CN(C)C)C2=O.Cl. The lowest BCUT2D eigenvalue weighted by Gasteiger charge is -2.25. The van der Waals surface area contributed by atoms with E-state index in [2.05, 4.69) is 4.90 Å². The predicted molar refractivity (Wildman–Crippen MR) is 74.9 cm³/mol. The highest BCUT2D eigenvalue weighted by Gasteiger charge is 2.27. The molecule has 0 radical (unpaired) electrons. The van der Waals surface area contributed by atoms with Crippen LogP contribution in [-0.2, 0) is 6.42 Å². The summed E-state index contributed by atoms with van der Waals surface area (Å²) in [5, 5.41) is 0. The van der Waals surface area contributed by atoms with Crippen LogP contribution < -0.4 is 4.74 Å². The molecule has 0 amide bonds. The molecule has 1 aliphatic rings. The Labute approximate surface area is 115 Å². The molecule has 18 heavy (non-hydrogen) atoms. The second-order valence-electron chi connectivity index (χ2n) is 4.89. The van der Waals surface area contributed by atoms with E-state index in [0.29, 0.717) is 0 Å². The molecular weight excluding hydrogens is 250 g/mol. The first-order chi connectivity index (χ1) is 8.11. The first-order valence-electron chi connectivity index (χ1n) is 5.97. The Hall–Kier alpha value is -1.06. The Bertz CT molecular complexity index is 432. The number of benzene rings is 1. The van der Waals surface area contributed by atoms with E-state index in [9.17, 15) is 4.79 Å². The molecule has 1 unspecified atom stereocenters. The number of rotatable bonds is 3. The maximum atomic E-state index is 12.3. The minimum atomic E-state index is 0. The van der Waals surface area contributed by atoms with Gasteiger partial charge in [0.05, 0.1) is 7.11 Å². The molecule has 0 bridgehead atoms. The van der Waals surface area contributed by atoms with Crippen LogP contribution in [-0.4, -0.2) is 38.4 Å². The van der Waals surface area contributed by atoms with Gasteiger partial charge in [0.1, 0.15) is 5.75 Å². The molecular formula is C14H20ClNO2. The molecule has 1 atom stereocenters. The lowest BCUT2D eigenvalue weighted by molar-refractivity contribution is 0.0877. The minimum Gasteiger partial charge on any atom is -0.497 e. The van der Waals surface area contributed by atoms with E-state index in [1.807, 2.05) is 32.3 Å². The molecule has 0 N–H and O–H groups in total. The summed E-state index contributed by atoms with van der Waals surface area (Å²) < 4.78 is 5.19. The zero-order chi connectivity index (χ0) is 12.4. The summed E-state index contributed by atoms with van der Waals surface area (Å²) in [6.45, 7) is 0.838. The van der Waals surface area contributed by atoms with Crippen LogP contribution in [0.1, 0.15) is 22.3 Å². The molecule has 0 heterocycles. The van der Waals surface area contributed by atoms with Gasteiger partial charge in [-0.05, 0) is 50.7 Å². The lowest BCUT2D eigenvalue weighted by Crippen LogP contribution is -2.31. The summed E-state index contributed by atoms with van der Waals surface area (Å²) in [6.07, 6.45) is 1.91. The first-order valence-corrected chi connectivity index (χ1v) is 5.97. The van der Waals surface area contributed by atoms with Crippen molar-refractivity contribution in [3.63, 3.8) is 0 Å². The summed E-state index contributed by atoms with van der Waals surface area (Å²) in [4.78, 5) is 14.4. The summed E-state index contributed by atoms with van der Waals surface area (Å²) in [5.41, 5.74) is 2.01. The molecule has 4 heteroatoms. The Morgan fingerprint density at radius 3 is 2.72 bits per heavy atom. The summed E-state index contributed by atoms with van der Waals surface area (Å²) in [7, 11) is 5.68. The Kier molecular flexibility index (Phi) is 5.17. The van der Waals surface area contributed by atoms with Gasteiger partial charge in [-0.2, -0.15) is 0 Å². The van der Waals surface area contributed by atoms with E-state index >= 15 is 0 Å². The second kappa shape index (κ2) is 6.21. The van der Waals surface area contributed by atoms with Gasteiger partial charge in [-0.1, -0.05) is 0 Å². The van der Waals surface area contributed by atoms with Crippen LogP contribution in [0.2, 0.25) is 0 Å². The number of hydrogen-bond donors (Lipinski definition) is 0. The predicted octanol–water partition coefficient (Wildman–Crippen LogP) is 2.42. The topological polar surface area (TPSA) is 29.5 Å². The van der Waals surface area contributed by atoms with Gasteiger partial charge in [0.2, 0.25) is 0 Å². The van der Waals surface area contributed by atoms with E-state index in [1.54, 1.807) is 7.11 Å². The van der Waals surface area contributed by atoms with Gasteiger partial charge >= 0.3 is 0 Å². The van der Waals surface area contributed by atoms with Crippen LogP contribution in [0.25, 0.3) is 0 Å². The fourth-order valence-corrected chi connectivity index (χ4v) is 2.44. The number of ketones is 1. The van der Waals surface area contributed by atoms with E-state index in [1.165, 1.54) is 0 Å². The second-order valence-corrected chi connectivity index (χ2v) is 4.89. The smallest absolute Gasteiger partial charge is 0.167 e. The van der Waals surface area contributed by atoms with Crippen molar-refractivity contribution in [1.82, 2.24) is 4.90 Å². The van der Waals surface area contributed by atoms with Gasteiger partial charge in [-0.3, -0.25) is 4.79 Å². The fraction of sp³-hybridized carbons (Fsp3) is 0.500. The quantitative estimate of drug-likeness (QED) is 0.844. The molecule has 1 aromatic rings. The van der Waals surface area contributed by atoms with Gasteiger partial charge in [0, 0.05) is 18.0 Å². The van der Waals surface area contributed by atoms with Crippen LogP contribution in [0.5, 0.6) is 5.75 Å². The number of halogens is 1. The molecule has 0 spiro atoms. The lowest BCUT2D eigenvalue weighted by atomic mass is 9.82. The molecule has 0 aromatic heterocycles. The van der Waals surface area contributed by atoms with Crippen LogP contribution in [0.15, 0.2) is 18.2 Å². The van der Waals surface area contributed by atoms with Crippen molar-refractivity contribution in [3.05, 3.63) is 29.3 Å². The highest BCUT2D eigenvalue weighted by molar-refractivity contribution is 6.00. The number of nitrogens with zero attached hydrogens (tertiary/aromatic N) is 1. The van der Waals surface area contributed by atoms with Crippen LogP contribution >= 0.6 is 12.4 Å². The molecule has 0 saturated heterocycles. The van der Waals surface area contributed by atoms with Gasteiger partial charge in [-0.15, -0.1) is 12.4 Å². The van der Waals surface area contributed by atoms with Crippen molar-refractivity contribution in [2.24, 2.45) is 5.92 Å². The van der Waals surface area contributed by atoms with Crippen LogP contribution in [0.3, 0.4) is 0 Å². The maximum Gasteiger partial charge on any atom is 0.167 e. The van der Waals surface area contributed by atoms with E-state index < -0.39 is 0 Å². The minimum absolute atomic E-state index is 0. The Morgan fingerprint density at radius 1 is 1.39 bits per heavy atom. The van der Waals surface area contributed by atoms with Gasteiger partial charge in [0.25, 0.3) is 0 Å². The molecule has 0 fully saturated rings. The van der Waals surface area contributed by atoms with Crippen molar-refractivity contribution >= 4 is 18.2 Å². The molecule has 100 valence electrons. The fourth-order valence-electron chi connectivity index (χ4n) is 2.44. The summed E-state index contributed by atoms with van der Waals surface area (Å²) in [6, 6.07) is 5.76. The van der Waals surface area contributed by atoms with Crippen molar-refractivity contribution in [2.75, 3.05) is 27.7 Å². The highest BCUT2D eigenvalue weighted by Crippen LogP contribution is 2.28. The molecule has 2 rings (SSSR count). The Morgan fingerprint density at radius 2 is 2.11 bits per heavy atom. The summed E-state index contributed by atoms with van der Waals surface area (Å²) in [5.74, 6) is 1.26. The van der Waals surface area contributed by atoms with E-state index in [-0.39, 0.29) is 24.1 Å². The van der Waals surface area contributed by atoms with Crippen molar-refractivity contribution < 1.29 is 9.53 Å². The van der Waals surface area contributed by atoms with Gasteiger partial charge < -0.3 is 9.64 Å². The maximum absolute atomic E-state index is 12.3. The summed E-state index contributed by atoms with van der Waals surface area (Å²) >= 11 is 0. The van der Waals surface area contributed by atoms with E-state index in [0.717, 1.165) is 36.3 Å². The molecule has 1 aromatic carbocycles. The number of ether oxygens (including phenoxy) is 1. The molecule has 1 aliphatic carbocycles. The zero-order valence-corrected chi connectivity index (χ0v) is 11.9. The Balaban J connectivity index is 0.00000162. The van der Waals surface area contributed by atoms with Crippen molar-refractivity contribution in [2.45, 2.75) is 12.8 Å². The van der Waals surface area contributed by atoms with E-state index in [4.69, 9.17) is 4.74 Å². The third-order valence-electron chi connectivity index (χ3n) is 3.30. The first kappa shape index (κ1) is 15.0.